The Kier molecular flexibility index (Phi) is 9.74. The number of rotatable bonds is 9. The van der Waals surface area contributed by atoms with E-state index >= 15 is 0 Å². The van der Waals surface area contributed by atoms with Gasteiger partial charge in [-0.25, -0.2) is 4.79 Å². The van der Waals surface area contributed by atoms with Crippen molar-refractivity contribution in [3.63, 3.8) is 0 Å². The first-order valence-electron chi connectivity index (χ1n) is 7.85. The fraction of sp³-hybridized carbons (Fsp3) is 0.765. The van der Waals surface area contributed by atoms with Gasteiger partial charge in [0.05, 0.1) is 6.61 Å². The molecule has 0 aromatic carbocycles. The Hall–Kier alpha value is -1.36. The molecule has 0 radical (unpaired) electrons. The van der Waals surface area contributed by atoms with E-state index < -0.39 is 18.0 Å². The number of allylic oxidation sites excluding steroid dienone is 1. The molecule has 0 spiro atoms. The van der Waals surface area contributed by atoms with Crippen LogP contribution in [0.15, 0.2) is 11.6 Å². The lowest BCUT2D eigenvalue weighted by Crippen LogP contribution is -2.28. The van der Waals surface area contributed by atoms with Gasteiger partial charge in [0.15, 0.2) is 6.10 Å². The van der Waals surface area contributed by atoms with Crippen LogP contribution >= 0.6 is 0 Å². The number of carbonyl (C=O) groups excluding carboxylic acids is 2. The van der Waals surface area contributed by atoms with Crippen LogP contribution in [-0.4, -0.2) is 36.4 Å². The van der Waals surface area contributed by atoms with E-state index in [-0.39, 0.29) is 37.4 Å². The molecule has 128 valence electrons. The molecule has 0 aliphatic carbocycles. The van der Waals surface area contributed by atoms with Crippen molar-refractivity contribution < 1.29 is 24.2 Å². The van der Waals surface area contributed by atoms with Gasteiger partial charge in [0, 0.05) is 12.5 Å². The zero-order valence-corrected chi connectivity index (χ0v) is 14.6. The Morgan fingerprint density at radius 2 is 1.59 bits per heavy atom. The van der Waals surface area contributed by atoms with Crippen molar-refractivity contribution in [2.24, 2.45) is 17.8 Å². The van der Waals surface area contributed by atoms with Crippen molar-refractivity contribution in [2.45, 2.75) is 54.1 Å². The predicted molar refractivity (Wildman–Crippen MR) is 85.1 cm³/mol. The normalized spacial score (nSPS) is 12.5. The van der Waals surface area contributed by atoms with E-state index in [2.05, 4.69) is 0 Å². The molecule has 5 heteroatoms. The third-order valence-corrected chi connectivity index (χ3v) is 3.11. The maximum absolute atomic E-state index is 11.8. The summed E-state index contributed by atoms with van der Waals surface area (Å²) < 4.78 is 10.2. The summed E-state index contributed by atoms with van der Waals surface area (Å²) in [6, 6.07) is 0. The summed E-state index contributed by atoms with van der Waals surface area (Å²) in [6.45, 7) is 11.4. The Labute approximate surface area is 133 Å². The van der Waals surface area contributed by atoms with Crippen LogP contribution < -0.4 is 0 Å². The quantitative estimate of drug-likeness (QED) is 0.523. The highest BCUT2D eigenvalue weighted by molar-refractivity contribution is 5.83. The summed E-state index contributed by atoms with van der Waals surface area (Å²) in [5.74, 6) is -0.187. The number of esters is 2. The predicted octanol–water partition coefficient (Wildman–Crippen LogP) is 2.72. The molecule has 0 aliphatic heterocycles. The van der Waals surface area contributed by atoms with Crippen molar-refractivity contribution >= 4 is 11.9 Å². The van der Waals surface area contributed by atoms with Crippen LogP contribution in [0.1, 0.15) is 48.0 Å². The Bertz CT molecular complexity index is 373. The SMILES string of the molecule is CC(C)CC(=O)O[C@@H](CO)COC(=O)C=C(C(C)C)C(C)C. The first-order valence-corrected chi connectivity index (χ1v) is 7.85. The highest BCUT2D eigenvalue weighted by Gasteiger charge is 2.17. The van der Waals surface area contributed by atoms with E-state index in [0.717, 1.165) is 5.57 Å². The first kappa shape index (κ1) is 20.6. The zero-order valence-electron chi connectivity index (χ0n) is 14.6. The van der Waals surface area contributed by atoms with Gasteiger partial charge in [0.1, 0.15) is 6.61 Å². The van der Waals surface area contributed by atoms with Crippen molar-refractivity contribution in [2.75, 3.05) is 13.2 Å². The molecule has 0 aliphatic rings. The largest absolute Gasteiger partial charge is 0.458 e. The van der Waals surface area contributed by atoms with Gasteiger partial charge in [-0.1, -0.05) is 47.1 Å². The maximum Gasteiger partial charge on any atom is 0.330 e. The van der Waals surface area contributed by atoms with E-state index in [1.54, 1.807) is 0 Å². The molecule has 0 unspecified atom stereocenters. The Morgan fingerprint density at radius 3 is 2.00 bits per heavy atom. The van der Waals surface area contributed by atoms with Gasteiger partial charge in [-0.3, -0.25) is 4.79 Å². The van der Waals surface area contributed by atoms with E-state index in [1.165, 1.54) is 6.08 Å². The number of ether oxygens (including phenoxy) is 2. The minimum atomic E-state index is -0.815. The average Bonchev–Trinajstić information content (AvgIpc) is 2.38. The Balaban J connectivity index is 4.47. The van der Waals surface area contributed by atoms with Crippen LogP contribution in [0.5, 0.6) is 0 Å². The van der Waals surface area contributed by atoms with Gasteiger partial charge in [-0.15, -0.1) is 0 Å². The van der Waals surface area contributed by atoms with Gasteiger partial charge in [0.25, 0.3) is 0 Å². The molecule has 0 rings (SSSR count). The van der Waals surface area contributed by atoms with E-state index in [9.17, 15) is 14.7 Å². The maximum atomic E-state index is 11.8. The molecule has 0 saturated carbocycles. The lowest BCUT2D eigenvalue weighted by molar-refractivity contribution is -0.160. The van der Waals surface area contributed by atoms with E-state index in [0.29, 0.717) is 0 Å². The van der Waals surface area contributed by atoms with Gasteiger partial charge in [-0.05, 0) is 17.8 Å². The number of aliphatic hydroxyl groups is 1. The standard InChI is InChI=1S/C17H30O5/c1-11(2)7-17(20)22-14(9-18)10-21-16(19)8-15(12(3)4)13(5)6/h8,11-14,18H,7,9-10H2,1-6H3/t14-/m0/s1. The van der Waals surface area contributed by atoms with Gasteiger partial charge < -0.3 is 14.6 Å². The average molecular weight is 314 g/mol. The second-order valence-electron chi connectivity index (χ2n) is 6.48. The highest BCUT2D eigenvalue weighted by Crippen LogP contribution is 2.19. The zero-order chi connectivity index (χ0) is 17.3. The van der Waals surface area contributed by atoms with Crippen LogP contribution in [-0.2, 0) is 19.1 Å². The van der Waals surface area contributed by atoms with Crippen LogP contribution in [0.25, 0.3) is 0 Å². The van der Waals surface area contributed by atoms with Crippen molar-refractivity contribution in [3.05, 3.63) is 11.6 Å². The topological polar surface area (TPSA) is 72.8 Å². The molecule has 0 fully saturated rings. The lowest BCUT2D eigenvalue weighted by Gasteiger charge is -2.17. The second-order valence-corrected chi connectivity index (χ2v) is 6.48. The lowest BCUT2D eigenvalue weighted by atomic mass is 9.92. The number of carbonyl (C=O) groups is 2. The Morgan fingerprint density at radius 1 is 1.05 bits per heavy atom. The van der Waals surface area contributed by atoms with Crippen molar-refractivity contribution in [1.29, 1.82) is 0 Å². The second kappa shape index (κ2) is 10.4. The highest BCUT2D eigenvalue weighted by atomic mass is 16.6. The fourth-order valence-electron chi connectivity index (χ4n) is 2.04. The molecule has 0 bridgehead atoms. The molecular weight excluding hydrogens is 284 g/mol. The van der Waals surface area contributed by atoms with Crippen LogP contribution in [0.2, 0.25) is 0 Å². The molecule has 0 heterocycles. The monoisotopic (exact) mass is 314 g/mol. The third kappa shape index (κ3) is 8.82. The minimum Gasteiger partial charge on any atom is -0.458 e. The molecule has 1 atom stereocenters. The fourth-order valence-corrected chi connectivity index (χ4v) is 2.04. The summed E-state index contributed by atoms with van der Waals surface area (Å²) in [5, 5.41) is 9.20. The number of hydrogen-bond acceptors (Lipinski definition) is 5. The first-order chi connectivity index (χ1) is 10.2. The molecule has 22 heavy (non-hydrogen) atoms. The van der Waals surface area contributed by atoms with Crippen LogP contribution in [0.3, 0.4) is 0 Å². The number of hydrogen-bond donors (Lipinski definition) is 1. The molecule has 0 aromatic heterocycles. The summed E-state index contributed by atoms with van der Waals surface area (Å²) in [5.41, 5.74) is 1.00. The minimum absolute atomic E-state index is 0.140. The summed E-state index contributed by atoms with van der Waals surface area (Å²) in [7, 11) is 0. The molecule has 1 N–H and O–H groups in total. The summed E-state index contributed by atoms with van der Waals surface area (Å²) in [4.78, 5) is 23.4. The molecule has 0 saturated heterocycles. The van der Waals surface area contributed by atoms with Crippen molar-refractivity contribution in [1.82, 2.24) is 0 Å². The van der Waals surface area contributed by atoms with Gasteiger partial charge in [-0.2, -0.15) is 0 Å². The number of aliphatic hydroxyl groups excluding tert-OH is 1. The smallest absolute Gasteiger partial charge is 0.330 e. The van der Waals surface area contributed by atoms with Crippen LogP contribution in [0.4, 0.5) is 0 Å². The molecule has 5 nitrogen and oxygen atoms in total. The van der Waals surface area contributed by atoms with Gasteiger partial charge >= 0.3 is 11.9 Å². The molecule has 0 aromatic rings. The van der Waals surface area contributed by atoms with E-state index in [1.807, 2.05) is 41.5 Å². The van der Waals surface area contributed by atoms with E-state index in [4.69, 9.17) is 9.47 Å². The molecule has 0 amide bonds. The van der Waals surface area contributed by atoms with Crippen molar-refractivity contribution in [3.8, 4) is 0 Å². The van der Waals surface area contributed by atoms with Crippen LogP contribution in [0, 0.1) is 17.8 Å². The third-order valence-electron chi connectivity index (χ3n) is 3.11. The molecular formula is C17H30O5. The summed E-state index contributed by atoms with van der Waals surface area (Å²) >= 11 is 0. The summed E-state index contributed by atoms with van der Waals surface area (Å²) in [6.07, 6.45) is 0.944. The van der Waals surface area contributed by atoms with Gasteiger partial charge in [0.2, 0.25) is 0 Å².